The van der Waals surface area contributed by atoms with Crippen LogP contribution in [0, 0.1) is 0 Å². The van der Waals surface area contributed by atoms with E-state index < -0.39 is 0 Å². The molecule has 226 valence electrons. The van der Waals surface area contributed by atoms with Crippen LogP contribution >= 0.6 is 0 Å². The molecule has 48 heavy (non-hydrogen) atoms. The summed E-state index contributed by atoms with van der Waals surface area (Å²) in [5, 5.41) is 4.59. The average molecular weight is 614 g/mol. The molecule has 0 unspecified atom stereocenters. The zero-order valence-corrected chi connectivity index (χ0v) is 26.3. The molecule has 0 aliphatic heterocycles. The molecule has 1 heterocycles. The molecule has 0 aliphatic rings. The van der Waals surface area contributed by atoms with Gasteiger partial charge < -0.3 is 9.32 Å². The number of furan rings is 1. The van der Waals surface area contributed by atoms with Crippen molar-refractivity contribution >= 4 is 49.8 Å². The van der Waals surface area contributed by atoms with Gasteiger partial charge in [-0.25, -0.2) is 0 Å². The molecular formula is C46H31NO. The lowest BCUT2D eigenvalue weighted by Crippen LogP contribution is -2.09. The second-order valence-corrected chi connectivity index (χ2v) is 12.2. The second kappa shape index (κ2) is 11.8. The van der Waals surface area contributed by atoms with Crippen molar-refractivity contribution in [2.75, 3.05) is 4.90 Å². The van der Waals surface area contributed by atoms with Crippen molar-refractivity contribution in [3.8, 4) is 33.4 Å². The van der Waals surface area contributed by atoms with E-state index in [0.717, 1.165) is 50.1 Å². The number of hydrogen-bond donors (Lipinski definition) is 0. The Balaban J connectivity index is 1.22. The molecule has 2 nitrogen and oxygen atoms in total. The van der Waals surface area contributed by atoms with Gasteiger partial charge in [-0.3, -0.25) is 0 Å². The minimum atomic E-state index is 0.875. The summed E-state index contributed by atoms with van der Waals surface area (Å²) in [5.74, 6) is 0. The molecule has 2 heteroatoms. The highest BCUT2D eigenvalue weighted by Crippen LogP contribution is 2.44. The highest BCUT2D eigenvalue weighted by atomic mass is 16.3. The quantitative estimate of drug-likeness (QED) is 0.185. The van der Waals surface area contributed by atoms with Gasteiger partial charge in [-0.05, 0) is 87.1 Å². The van der Waals surface area contributed by atoms with E-state index in [1.165, 1.54) is 33.0 Å². The van der Waals surface area contributed by atoms with Crippen molar-refractivity contribution < 1.29 is 4.42 Å². The Morgan fingerprint density at radius 3 is 1.40 bits per heavy atom. The van der Waals surface area contributed by atoms with E-state index >= 15 is 0 Å². The largest absolute Gasteiger partial charge is 0.455 e. The molecule has 8 aromatic carbocycles. The van der Waals surface area contributed by atoms with E-state index in [4.69, 9.17) is 4.42 Å². The summed E-state index contributed by atoms with van der Waals surface area (Å²) in [4.78, 5) is 2.33. The predicted octanol–water partition coefficient (Wildman–Crippen LogP) is 13.2. The van der Waals surface area contributed by atoms with E-state index in [9.17, 15) is 0 Å². The van der Waals surface area contributed by atoms with Gasteiger partial charge in [-0.2, -0.15) is 0 Å². The first-order valence-electron chi connectivity index (χ1n) is 16.3. The number of nitrogens with zero attached hydrogens (tertiary/aromatic N) is 1. The Hall–Kier alpha value is -6.38. The van der Waals surface area contributed by atoms with Gasteiger partial charge in [0.05, 0.1) is 0 Å². The number of benzene rings is 8. The summed E-state index contributed by atoms with van der Waals surface area (Å²) in [5.41, 5.74) is 12.1. The average Bonchev–Trinajstić information content (AvgIpc) is 3.53. The minimum Gasteiger partial charge on any atom is -0.455 e. The minimum absolute atomic E-state index is 0.875. The normalized spacial score (nSPS) is 11.3. The third kappa shape index (κ3) is 4.92. The molecule has 0 spiro atoms. The number of anilines is 3. The monoisotopic (exact) mass is 613 g/mol. The van der Waals surface area contributed by atoms with Gasteiger partial charge in [0.25, 0.3) is 0 Å². The first-order chi connectivity index (χ1) is 23.8. The van der Waals surface area contributed by atoms with Crippen LogP contribution in [-0.4, -0.2) is 0 Å². The smallest absolute Gasteiger partial charge is 0.143 e. The van der Waals surface area contributed by atoms with Gasteiger partial charge in [0.2, 0.25) is 0 Å². The maximum atomic E-state index is 6.70. The first kappa shape index (κ1) is 27.9. The topological polar surface area (TPSA) is 16.4 Å². The molecule has 0 bridgehead atoms. The van der Waals surface area contributed by atoms with Crippen molar-refractivity contribution in [1.29, 1.82) is 0 Å². The zero-order valence-electron chi connectivity index (χ0n) is 26.3. The molecular weight excluding hydrogens is 583 g/mol. The van der Waals surface area contributed by atoms with E-state index in [0.29, 0.717) is 0 Å². The lowest BCUT2D eigenvalue weighted by atomic mass is 9.95. The molecule has 0 saturated heterocycles. The second-order valence-electron chi connectivity index (χ2n) is 12.2. The molecule has 0 atom stereocenters. The highest BCUT2D eigenvalue weighted by molar-refractivity contribution is 6.18. The van der Waals surface area contributed by atoms with Crippen LogP contribution in [0.25, 0.3) is 66.1 Å². The van der Waals surface area contributed by atoms with Crippen molar-refractivity contribution in [3.05, 3.63) is 188 Å². The van der Waals surface area contributed by atoms with Gasteiger partial charge in [0.1, 0.15) is 11.2 Å². The molecule has 0 N–H and O–H groups in total. The summed E-state index contributed by atoms with van der Waals surface area (Å²) in [6.07, 6.45) is 0. The summed E-state index contributed by atoms with van der Waals surface area (Å²) >= 11 is 0. The fourth-order valence-electron chi connectivity index (χ4n) is 6.91. The third-order valence-electron chi connectivity index (χ3n) is 9.25. The molecule has 0 aliphatic carbocycles. The van der Waals surface area contributed by atoms with Gasteiger partial charge in [0.15, 0.2) is 0 Å². The van der Waals surface area contributed by atoms with Gasteiger partial charge in [-0.1, -0.05) is 140 Å². The maximum absolute atomic E-state index is 6.70. The SMILES string of the molecule is c1ccc(-c2ccc(N(c3ccc(-c4ccccc4)cc3)c3ccc4oc5c(-c6ccccc6)c6ccccc6cc5c4c3)cc2)cc1. The van der Waals surface area contributed by atoms with Gasteiger partial charge in [0, 0.05) is 33.4 Å². The van der Waals surface area contributed by atoms with Crippen LogP contribution in [0.2, 0.25) is 0 Å². The van der Waals surface area contributed by atoms with Crippen LogP contribution in [0.4, 0.5) is 17.1 Å². The van der Waals surface area contributed by atoms with Crippen LogP contribution in [0.5, 0.6) is 0 Å². The van der Waals surface area contributed by atoms with Crippen LogP contribution < -0.4 is 4.90 Å². The molecule has 0 radical (unpaired) electrons. The molecule has 0 amide bonds. The number of hydrogen-bond acceptors (Lipinski definition) is 2. The predicted molar refractivity (Wildman–Crippen MR) is 202 cm³/mol. The van der Waals surface area contributed by atoms with Crippen molar-refractivity contribution in [2.24, 2.45) is 0 Å². The van der Waals surface area contributed by atoms with Crippen molar-refractivity contribution in [3.63, 3.8) is 0 Å². The van der Waals surface area contributed by atoms with Crippen molar-refractivity contribution in [1.82, 2.24) is 0 Å². The van der Waals surface area contributed by atoms with Crippen LogP contribution in [-0.2, 0) is 0 Å². The van der Waals surface area contributed by atoms with Crippen LogP contribution in [0.1, 0.15) is 0 Å². The summed E-state index contributed by atoms with van der Waals surface area (Å²) < 4.78 is 6.70. The maximum Gasteiger partial charge on any atom is 0.143 e. The fourth-order valence-corrected chi connectivity index (χ4v) is 6.91. The standard InChI is InChI=1S/C46H31NO/c1-4-12-32(13-5-1)34-20-24-38(25-21-34)47(39-26-22-35(23-27-39)33-14-6-2-7-15-33)40-28-29-44-42(31-40)43-30-37-18-10-11-19-41(37)45(46(43)48-44)36-16-8-3-9-17-36/h1-31H. The van der Waals surface area contributed by atoms with E-state index in [1.54, 1.807) is 0 Å². The Bertz CT molecular complexity index is 2430. The molecule has 0 fully saturated rings. The van der Waals surface area contributed by atoms with Gasteiger partial charge in [-0.15, -0.1) is 0 Å². The lowest BCUT2D eigenvalue weighted by Gasteiger charge is -2.26. The van der Waals surface area contributed by atoms with Crippen molar-refractivity contribution in [2.45, 2.75) is 0 Å². The lowest BCUT2D eigenvalue weighted by molar-refractivity contribution is 0.670. The summed E-state index contributed by atoms with van der Waals surface area (Å²) in [6.45, 7) is 0. The third-order valence-corrected chi connectivity index (χ3v) is 9.25. The van der Waals surface area contributed by atoms with Crippen LogP contribution in [0.3, 0.4) is 0 Å². The highest BCUT2D eigenvalue weighted by Gasteiger charge is 2.19. The Morgan fingerprint density at radius 1 is 0.333 bits per heavy atom. The fraction of sp³-hybridized carbons (Fsp3) is 0. The zero-order chi connectivity index (χ0) is 31.9. The summed E-state index contributed by atoms with van der Waals surface area (Å²) in [6, 6.07) is 66.8. The number of fused-ring (bicyclic) bond motifs is 4. The van der Waals surface area contributed by atoms with E-state index in [1.807, 2.05) is 0 Å². The van der Waals surface area contributed by atoms with E-state index in [-0.39, 0.29) is 0 Å². The van der Waals surface area contributed by atoms with Gasteiger partial charge >= 0.3 is 0 Å². The van der Waals surface area contributed by atoms with Crippen LogP contribution in [0.15, 0.2) is 192 Å². The Morgan fingerprint density at radius 2 is 0.812 bits per heavy atom. The molecule has 0 saturated carbocycles. The Kier molecular flexibility index (Phi) is 6.84. The van der Waals surface area contributed by atoms with E-state index in [2.05, 4.69) is 193 Å². The Labute approximate surface area is 279 Å². The molecule has 9 rings (SSSR count). The summed E-state index contributed by atoms with van der Waals surface area (Å²) in [7, 11) is 0. The first-order valence-corrected chi connectivity index (χ1v) is 16.3. The number of rotatable bonds is 6. The molecule has 9 aromatic rings. The molecule has 1 aromatic heterocycles.